The first-order chi connectivity index (χ1) is 15.4. The summed E-state index contributed by atoms with van der Waals surface area (Å²) in [4.78, 5) is 13.9. The van der Waals surface area contributed by atoms with Crippen molar-refractivity contribution in [2.45, 2.75) is 41.4 Å². The van der Waals surface area contributed by atoms with Gasteiger partial charge in [0.2, 0.25) is 10.0 Å². The summed E-state index contributed by atoms with van der Waals surface area (Å²) in [5, 5.41) is 6.67. The first kappa shape index (κ1) is 22.4. The number of carbonyl (C=O) groups excluding carboxylic acids is 1. The van der Waals surface area contributed by atoms with E-state index in [0.29, 0.717) is 22.8 Å². The van der Waals surface area contributed by atoms with Crippen molar-refractivity contribution >= 4 is 33.4 Å². The van der Waals surface area contributed by atoms with Gasteiger partial charge in [0.1, 0.15) is 11.5 Å². The Balaban J connectivity index is 1.55. The number of hydrogen-bond acceptors (Lipinski definition) is 7. The van der Waals surface area contributed by atoms with Crippen molar-refractivity contribution in [1.82, 2.24) is 9.88 Å². The van der Waals surface area contributed by atoms with Crippen LogP contribution in [-0.2, 0) is 15.8 Å². The first-order valence-corrected chi connectivity index (χ1v) is 12.5. The molecule has 10 heteroatoms. The molecular formula is C22H23N3O5S2. The molecular weight excluding hydrogens is 450 g/mol. The third kappa shape index (κ3) is 5.32. The number of amides is 1. The Morgan fingerprint density at radius 1 is 1.22 bits per heavy atom. The van der Waals surface area contributed by atoms with Crippen molar-refractivity contribution in [3.63, 3.8) is 0 Å². The SMILES string of the molecule is COc1ccc(S(=O)(=O)NC2CC2)cc1NC(=O)c1ccccc1SCc1cc(C)no1. The molecule has 32 heavy (non-hydrogen) atoms. The van der Waals surface area contributed by atoms with Crippen molar-refractivity contribution in [3.8, 4) is 5.75 Å². The third-order valence-electron chi connectivity index (χ3n) is 4.81. The number of hydrogen-bond donors (Lipinski definition) is 2. The molecule has 1 aliphatic carbocycles. The first-order valence-electron chi connectivity index (χ1n) is 10.0. The summed E-state index contributed by atoms with van der Waals surface area (Å²) >= 11 is 1.45. The Morgan fingerprint density at radius 3 is 2.69 bits per heavy atom. The highest BCUT2D eigenvalue weighted by molar-refractivity contribution is 7.98. The molecule has 8 nitrogen and oxygen atoms in total. The molecule has 0 aliphatic heterocycles. The Bertz CT molecular complexity index is 1240. The van der Waals surface area contributed by atoms with E-state index >= 15 is 0 Å². The topological polar surface area (TPSA) is 111 Å². The number of benzene rings is 2. The van der Waals surface area contributed by atoms with Crippen LogP contribution in [0.1, 0.15) is 34.7 Å². The fourth-order valence-corrected chi connectivity index (χ4v) is 5.30. The summed E-state index contributed by atoms with van der Waals surface area (Å²) in [5.41, 5.74) is 1.53. The number of carbonyl (C=O) groups is 1. The minimum Gasteiger partial charge on any atom is -0.495 e. The van der Waals surface area contributed by atoms with E-state index in [-0.39, 0.29) is 22.5 Å². The van der Waals surface area contributed by atoms with Gasteiger partial charge < -0.3 is 14.6 Å². The van der Waals surface area contributed by atoms with Gasteiger partial charge in [0, 0.05) is 17.0 Å². The summed E-state index contributed by atoms with van der Waals surface area (Å²) < 4.78 is 38.4. The van der Waals surface area contributed by atoms with E-state index in [1.807, 2.05) is 25.1 Å². The highest BCUT2D eigenvalue weighted by Gasteiger charge is 2.28. The normalized spacial score (nSPS) is 13.7. The Morgan fingerprint density at radius 2 is 2.00 bits per heavy atom. The van der Waals surface area contributed by atoms with E-state index in [4.69, 9.17) is 9.26 Å². The molecule has 168 valence electrons. The number of aromatic nitrogens is 1. The Kier molecular flexibility index (Phi) is 6.54. The van der Waals surface area contributed by atoms with E-state index in [9.17, 15) is 13.2 Å². The van der Waals surface area contributed by atoms with E-state index in [2.05, 4.69) is 15.2 Å². The summed E-state index contributed by atoms with van der Waals surface area (Å²) in [6, 6.07) is 13.4. The molecule has 0 bridgehead atoms. The van der Waals surface area contributed by atoms with Gasteiger partial charge >= 0.3 is 0 Å². The second kappa shape index (κ2) is 9.35. The number of anilines is 1. The van der Waals surface area contributed by atoms with Crippen molar-refractivity contribution < 1.29 is 22.5 Å². The number of rotatable bonds is 9. The summed E-state index contributed by atoms with van der Waals surface area (Å²) in [6.45, 7) is 1.85. The van der Waals surface area contributed by atoms with Gasteiger partial charge in [-0.05, 0) is 50.1 Å². The highest BCUT2D eigenvalue weighted by Crippen LogP contribution is 2.31. The smallest absolute Gasteiger partial charge is 0.256 e. The van der Waals surface area contributed by atoms with Crippen molar-refractivity contribution in [2.24, 2.45) is 0 Å². The van der Waals surface area contributed by atoms with Gasteiger partial charge in [0.05, 0.1) is 34.7 Å². The molecule has 1 fully saturated rings. The lowest BCUT2D eigenvalue weighted by Crippen LogP contribution is -2.26. The third-order valence-corrected chi connectivity index (χ3v) is 7.42. The number of aryl methyl sites for hydroxylation is 1. The van der Waals surface area contributed by atoms with E-state index < -0.39 is 10.0 Å². The predicted octanol–water partition coefficient (Wildman–Crippen LogP) is 3.98. The number of thioether (sulfide) groups is 1. The molecule has 0 unspecified atom stereocenters. The molecule has 1 aliphatic rings. The molecule has 0 saturated heterocycles. The van der Waals surface area contributed by atoms with Crippen LogP contribution in [0.3, 0.4) is 0 Å². The van der Waals surface area contributed by atoms with Crippen LogP contribution in [-0.4, -0.2) is 32.6 Å². The molecule has 1 saturated carbocycles. The Labute approximate surface area is 190 Å². The molecule has 1 aromatic heterocycles. The lowest BCUT2D eigenvalue weighted by atomic mass is 10.2. The second-order valence-electron chi connectivity index (χ2n) is 7.43. The monoisotopic (exact) mass is 473 g/mol. The number of sulfonamides is 1. The molecule has 2 aromatic carbocycles. The van der Waals surface area contributed by atoms with Gasteiger partial charge in [-0.1, -0.05) is 17.3 Å². The number of nitrogens with zero attached hydrogens (tertiary/aromatic N) is 1. The van der Waals surface area contributed by atoms with Crippen LogP contribution < -0.4 is 14.8 Å². The van der Waals surface area contributed by atoms with Gasteiger partial charge in [-0.15, -0.1) is 11.8 Å². The van der Waals surface area contributed by atoms with Crippen LogP contribution in [0.4, 0.5) is 5.69 Å². The lowest BCUT2D eigenvalue weighted by Gasteiger charge is -2.14. The van der Waals surface area contributed by atoms with Gasteiger partial charge in [-0.3, -0.25) is 4.79 Å². The largest absolute Gasteiger partial charge is 0.495 e. The van der Waals surface area contributed by atoms with Crippen LogP contribution >= 0.6 is 11.8 Å². The van der Waals surface area contributed by atoms with E-state index in [0.717, 1.165) is 23.4 Å². The standard InChI is InChI=1S/C22H23N3O5S2/c1-14-11-16(30-24-14)13-31-21-6-4-3-5-18(21)22(26)23-19-12-17(9-10-20(19)29-2)32(27,28)25-15-7-8-15/h3-6,9-12,15,25H,7-8,13H2,1-2H3,(H,23,26). The minimum absolute atomic E-state index is 0.0165. The van der Waals surface area contributed by atoms with Gasteiger partial charge in [-0.25, -0.2) is 13.1 Å². The molecule has 0 radical (unpaired) electrons. The lowest BCUT2D eigenvalue weighted by molar-refractivity contribution is 0.102. The summed E-state index contributed by atoms with van der Waals surface area (Å²) in [5.74, 6) is 1.23. The maximum Gasteiger partial charge on any atom is 0.256 e. The van der Waals surface area contributed by atoms with Crippen LogP contribution in [0, 0.1) is 6.92 Å². The highest BCUT2D eigenvalue weighted by atomic mass is 32.2. The number of ether oxygens (including phenoxy) is 1. The van der Waals surface area contributed by atoms with Gasteiger partial charge in [0.25, 0.3) is 5.91 Å². The molecule has 0 spiro atoms. The maximum absolute atomic E-state index is 13.1. The molecule has 1 heterocycles. The van der Waals surface area contributed by atoms with Crippen LogP contribution in [0.15, 0.2) is 62.8 Å². The second-order valence-corrected chi connectivity index (χ2v) is 10.2. The average molecular weight is 474 g/mol. The molecule has 2 N–H and O–H groups in total. The maximum atomic E-state index is 13.1. The molecule has 0 atom stereocenters. The average Bonchev–Trinajstić information content (AvgIpc) is 3.48. The van der Waals surface area contributed by atoms with Crippen molar-refractivity contribution in [1.29, 1.82) is 0 Å². The summed E-state index contributed by atoms with van der Waals surface area (Å²) in [7, 11) is -2.20. The quantitative estimate of drug-likeness (QED) is 0.452. The van der Waals surface area contributed by atoms with Crippen LogP contribution in [0.5, 0.6) is 5.75 Å². The van der Waals surface area contributed by atoms with Crippen molar-refractivity contribution in [3.05, 3.63) is 65.5 Å². The molecule has 1 amide bonds. The van der Waals surface area contributed by atoms with Crippen LogP contribution in [0.25, 0.3) is 0 Å². The summed E-state index contributed by atoms with van der Waals surface area (Å²) in [6.07, 6.45) is 1.67. The van der Waals surface area contributed by atoms with Gasteiger partial charge in [-0.2, -0.15) is 0 Å². The Hall–Kier alpha value is -2.82. The number of nitrogens with one attached hydrogen (secondary N) is 2. The van der Waals surface area contributed by atoms with Crippen molar-refractivity contribution in [2.75, 3.05) is 12.4 Å². The zero-order chi connectivity index (χ0) is 22.7. The zero-order valence-electron chi connectivity index (χ0n) is 17.6. The fraction of sp³-hybridized carbons (Fsp3) is 0.273. The molecule has 4 rings (SSSR count). The fourth-order valence-electron chi connectivity index (χ4n) is 3.04. The predicted molar refractivity (Wildman–Crippen MR) is 122 cm³/mol. The van der Waals surface area contributed by atoms with E-state index in [1.165, 1.54) is 37.1 Å². The molecule has 3 aromatic rings. The number of methoxy groups -OCH3 is 1. The van der Waals surface area contributed by atoms with E-state index in [1.54, 1.807) is 12.1 Å². The zero-order valence-corrected chi connectivity index (χ0v) is 19.3. The van der Waals surface area contributed by atoms with Gasteiger partial charge in [0.15, 0.2) is 0 Å². The van der Waals surface area contributed by atoms with Crippen LogP contribution in [0.2, 0.25) is 0 Å². The minimum atomic E-state index is -3.67.